The van der Waals surface area contributed by atoms with Gasteiger partial charge in [0, 0.05) is 34.6 Å². The molecule has 1 amide bonds. The topological polar surface area (TPSA) is 360 Å². The van der Waals surface area contributed by atoms with Crippen molar-refractivity contribution < 1.29 is 70.5 Å². The quantitative estimate of drug-likeness (QED) is 0.0623. The zero-order valence-corrected chi connectivity index (χ0v) is 23.4. The number of aliphatic carboxylic acids is 3. The van der Waals surface area contributed by atoms with Gasteiger partial charge >= 0.3 is 30.4 Å². The molecule has 0 bridgehead atoms. The van der Waals surface area contributed by atoms with Crippen LogP contribution in [0.5, 0.6) is 0 Å². The number of carboxylic acids is 3. The molecule has 0 aliphatic rings. The molecule has 234 valence electrons. The van der Waals surface area contributed by atoms with Crippen molar-refractivity contribution in [2.24, 2.45) is 5.73 Å². The normalized spacial score (nSPS) is 10.9. The van der Waals surface area contributed by atoms with Gasteiger partial charge in [0.2, 0.25) is 5.95 Å². The van der Waals surface area contributed by atoms with Crippen LogP contribution in [0, 0.1) is 0 Å². The van der Waals surface area contributed by atoms with Gasteiger partial charge in [0.25, 0.3) is 11.5 Å². The average Bonchev–Trinajstić information content (AvgIpc) is 2.89. The molecule has 1 aromatic carbocycles. The van der Waals surface area contributed by atoms with E-state index in [1.54, 1.807) is 12.1 Å². The Hall–Kier alpha value is -4.73. The van der Waals surface area contributed by atoms with Crippen LogP contribution in [0.25, 0.3) is 11.2 Å². The maximum atomic E-state index is 12.3. The largest absolute Gasteiger partial charge is 2.00 e. The van der Waals surface area contributed by atoms with Gasteiger partial charge in [0.15, 0.2) is 11.2 Å². The van der Waals surface area contributed by atoms with Crippen LogP contribution in [0.4, 0.5) is 11.6 Å². The molecule has 43 heavy (non-hydrogen) atoms. The molecule has 3 rings (SSSR count). The van der Waals surface area contributed by atoms with E-state index in [4.69, 9.17) is 43.4 Å². The maximum Gasteiger partial charge on any atom is 2.00 e. The van der Waals surface area contributed by atoms with Gasteiger partial charge in [0.1, 0.15) is 6.04 Å². The number of aromatic nitrogens is 4. The Kier molecular flexibility index (Phi) is 16.0. The van der Waals surface area contributed by atoms with Crippen molar-refractivity contribution in [3.05, 3.63) is 52.1 Å². The first-order valence-corrected chi connectivity index (χ1v) is 12.5. The van der Waals surface area contributed by atoms with Crippen LogP contribution >= 0.6 is 0 Å². The van der Waals surface area contributed by atoms with Crippen LogP contribution in [0.3, 0.4) is 0 Å². The average molecular weight is 668 g/mol. The Balaban J connectivity index is 0. The van der Waals surface area contributed by atoms with Crippen molar-refractivity contribution in [2.45, 2.75) is 25.4 Å². The minimum Gasteiger partial charge on any atom is -0.759 e. The summed E-state index contributed by atoms with van der Waals surface area (Å²) < 4.78 is 34.1. The Morgan fingerprint density at radius 3 is 2.14 bits per heavy atom. The minimum atomic E-state index is -5.17. The molecule has 0 saturated heterocycles. The Morgan fingerprint density at radius 1 is 1.09 bits per heavy atom. The molecular weight excluding hydrogens is 644 g/mol. The fourth-order valence-electron chi connectivity index (χ4n) is 2.75. The van der Waals surface area contributed by atoms with Crippen LogP contribution in [0.1, 0.15) is 30.3 Å². The number of hydrogen-bond acceptors (Lipinski definition) is 16. The molecule has 0 unspecified atom stereocenters. The van der Waals surface area contributed by atoms with E-state index < -0.39 is 45.8 Å². The summed E-state index contributed by atoms with van der Waals surface area (Å²) in [5, 5.41) is 32.3. The van der Waals surface area contributed by atoms with E-state index in [2.05, 4.69) is 36.3 Å². The first-order valence-electron chi connectivity index (χ1n) is 11.2. The molecule has 0 aliphatic heterocycles. The maximum absolute atomic E-state index is 12.3. The summed E-state index contributed by atoms with van der Waals surface area (Å²) in [4.78, 5) is 69.7. The summed E-state index contributed by atoms with van der Waals surface area (Å²) in [5.74, 6) is -4.37. The van der Waals surface area contributed by atoms with Crippen LogP contribution in [0.15, 0.2) is 35.3 Å². The molecule has 0 spiro atoms. The molecule has 0 saturated carbocycles. The third-order valence-electron chi connectivity index (χ3n) is 4.52. The van der Waals surface area contributed by atoms with E-state index in [9.17, 15) is 19.2 Å². The van der Waals surface area contributed by atoms with Gasteiger partial charge in [-0.15, -0.1) is 0 Å². The third kappa shape index (κ3) is 15.7. The molecular formula is C21H24FeN8O12S. The molecule has 0 fully saturated rings. The fourth-order valence-corrected chi connectivity index (χ4v) is 2.75. The Bertz CT molecular complexity index is 1580. The van der Waals surface area contributed by atoms with Crippen molar-refractivity contribution in [1.29, 1.82) is 0 Å². The number of nitrogens with one attached hydrogen (secondary N) is 3. The van der Waals surface area contributed by atoms with Gasteiger partial charge in [-0.1, -0.05) is 0 Å². The Labute approximate surface area is 253 Å². The van der Waals surface area contributed by atoms with Gasteiger partial charge in [-0.25, -0.2) is 14.8 Å². The number of benzene rings is 1. The summed E-state index contributed by atoms with van der Waals surface area (Å²) in [6.07, 6.45) is 0.840. The minimum absolute atomic E-state index is 0. The number of nitrogen functional groups attached to an aromatic ring is 1. The number of amides is 1. The van der Waals surface area contributed by atoms with E-state index in [1.807, 2.05) is 0 Å². The number of carbonyl (C=O) groups is 4. The number of anilines is 2. The molecule has 2 heterocycles. The molecule has 22 heteroatoms. The molecule has 0 radical (unpaired) electrons. The number of carboxylic acid groups (broad SMARTS) is 3. The molecule has 1 atom stereocenters. The van der Waals surface area contributed by atoms with Crippen molar-refractivity contribution in [3.63, 3.8) is 0 Å². The standard InChI is InChI=1S/C19H19N7O6.C2H5NO2.Fe.H2O4S/c20-19-25-15-14(17(30)26-19)23-11(8-22-15)7-21-10-3-1-9(2-4-10)16(29)24-12(18(31)32)5-6-13(27)28;3-1-2(4)5;;1-5(2,3)4/h1-4,8,12,21H,5-7H2,(H,24,29)(H,27,28)(H,31,32)(H3,20,22,25,26,30);1,3H2,(H,4,5);;(H2,1,2,3,4)/q;;+2;/p-2/t12-;;;/m0.../s1. The van der Waals surface area contributed by atoms with Gasteiger partial charge < -0.3 is 51.3 Å². The van der Waals surface area contributed by atoms with E-state index in [0.29, 0.717) is 11.4 Å². The number of aromatic amines is 1. The SMILES string of the molecule is NCC(=O)[O-].Nc1nc2ncc(CNc3ccc(C(=O)N[C@@H](CCC(=O)O)C(=O)O)cc3)nc2c(=O)[nH]1.O=S(=O)([O-])[O-].[Fe+2].[H+]. The van der Waals surface area contributed by atoms with E-state index in [0.717, 1.165) is 0 Å². The number of rotatable bonds is 10. The number of H-pyrrole nitrogens is 1. The predicted octanol–water partition coefficient (Wildman–Crippen LogP) is -3.58. The van der Waals surface area contributed by atoms with E-state index in [-0.39, 0.29) is 67.1 Å². The molecule has 0 aliphatic carbocycles. The number of hydrogen-bond donors (Lipinski definition) is 7. The molecule has 9 N–H and O–H groups in total. The third-order valence-corrected chi connectivity index (χ3v) is 4.52. The number of carbonyl (C=O) groups excluding carboxylic acids is 2. The first-order chi connectivity index (χ1) is 19.5. The van der Waals surface area contributed by atoms with Gasteiger partial charge in [-0.2, -0.15) is 4.98 Å². The van der Waals surface area contributed by atoms with Crippen LogP contribution in [-0.4, -0.2) is 84.1 Å². The molecule has 2 aromatic heterocycles. The van der Waals surface area contributed by atoms with Crippen molar-refractivity contribution in [3.8, 4) is 0 Å². The summed E-state index contributed by atoms with van der Waals surface area (Å²) >= 11 is 0. The van der Waals surface area contributed by atoms with Crippen LogP contribution in [-0.2, 0) is 48.4 Å². The van der Waals surface area contributed by atoms with Gasteiger partial charge in [-0.3, -0.25) is 27.8 Å². The van der Waals surface area contributed by atoms with E-state index in [1.165, 1.54) is 18.3 Å². The fraction of sp³-hybridized carbons (Fsp3) is 0.238. The second-order valence-corrected chi connectivity index (χ2v) is 8.51. The monoisotopic (exact) mass is 668 g/mol. The Morgan fingerprint density at radius 2 is 1.65 bits per heavy atom. The summed E-state index contributed by atoms with van der Waals surface area (Å²) in [6.45, 7) is -0.158. The summed E-state index contributed by atoms with van der Waals surface area (Å²) in [6, 6.07) is 4.86. The summed E-state index contributed by atoms with van der Waals surface area (Å²) in [7, 11) is -5.17. The molecule has 20 nitrogen and oxygen atoms in total. The zero-order chi connectivity index (χ0) is 32.0. The van der Waals surface area contributed by atoms with Crippen LogP contribution < -0.4 is 32.8 Å². The second-order valence-electron chi connectivity index (χ2n) is 7.70. The second kappa shape index (κ2) is 17.9. The van der Waals surface area contributed by atoms with E-state index >= 15 is 0 Å². The van der Waals surface area contributed by atoms with Crippen molar-refractivity contribution in [1.82, 2.24) is 25.3 Å². The van der Waals surface area contributed by atoms with Gasteiger partial charge in [-0.05, 0) is 30.7 Å². The molecule has 3 aromatic rings. The zero-order valence-electron chi connectivity index (χ0n) is 22.5. The first kappa shape index (κ1) is 38.3. The van der Waals surface area contributed by atoms with Crippen LogP contribution in [0.2, 0.25) is 0 Å². The number of nitrogens with zero attached hydrogens (tertiary/aromatic N) is 3. The van der Waals surface area contributed by atoms with Crippen molar-refractivity contribution >= 4 is 57.0 Å². The van der Waals surface area contributed by atoms with Gasteiger partial charge in [0.05, 0.1) is 24.4 Å². The van der Waals surface area contributed by atoms with Crippen molar-refractivity contribution in [2.75, 3.05) is 17.6 Å². The number of fused-ring (bicyclic) bond motifs is 1. The smallest absolute Gasteiger partial charge is 0.759 e. The number of nitrogens with two attached hydrogens (primary N) is 2. The predicted molar refractivity (Wildman–Crippen MR) is 138 cm³/mol. The summed E-state index contributed by atoms with van der Waals surface area (Å²) in [5.41, 5.74) is 11.0.